The Morgan fingerprint density at radius 1 is 0.938 bits per heavy atom. The number of aliphatic carboxylic acids is 3. The van der Waals surface area contributed by atoms with Crippen LogP contribution in [0.2, 0.25) is 0 Å². The first-order chi connectivity index (χ1) is 5.78. The zero-order valence-electron chi connectivity index (χ0n) is 6.78. The maximum atomic E-state index is 10.3. The van der Waals surface area contributed by atoms with Gasteiger partial charge in [0.25, 0.3) is 0 Å². The Balaban J connectivity index is -0.000000240. The van der Waals surface area contributed by atoms with Gasteiger partial charge >= 0.3 is 98.8 Å². The van der Waals surface area contributed by atoms with Gasteiger partial charge in [0.2, 0.25) is 0 Å². The molecule has 0 radical (unpaired) electrons. The standard InChI is InChI=1S/C6H8O7.Fe.K.Na.2H/c7-3(8)1-6(13,5(11)12)2-4(9)10;;;;;/h13H,1-2H2,(H,7,8)(H,9,10)(H,11,12);;;;;. The van der Waals surface area contributed by atoms with Crippen molar-refractivity contribution in [3.63, 3.8) is 0 Å². The molecule has 10 heteroatoms. The van der Waals surface area contributed by atoms with Gasteiger partial charge in [-0.3, -0.25) is 9.59 Å². The van der Waals surface area contributed by atoms with Crippen LogP contribution in [0.4, 0.5) is 0 Å². The van der Waals surface area contributed by atoms with Crippen LogP contribution >= 0.6 is 0 Å². The second-order valence-electron chi connectivity index (χ2n) is 2.48. The van der Waals surface area contributed by atoms with Crippen LogP contribution in [-0.2, 0) is 31.5 Å². The fourth-order valence-electron chi connectivity index (χ4n) is 0.714. The van der Waals surface area contributed by atoms with Crippen LogP contribution in [0.15, 0.2) is 0 Å². The third kappa shape index (κ3) is 10.7. The zero-order chi connectivity index (χ0) is 10.6. The molecule has 86 valence electrons. The molecule has 0 rings (SSSR count). The van der Waals surface area contributed by atoms with Gasteiger partial charge in [-0.25, -0.2) is 4.79 Å². The van der Waals surface area contributed by atoms with Crippen LogP contribution in [0.5, 0.6) is 0 Å². The minimum atomic E-state index is -2.74. The minimum absolute atomic E-state index is 0. The Labute approximate surface area is 166 Å². The summed E-state index contributed by atoms with van der Waals surface area (Å²) in [5.41, 5.74) is -2.74. The monoisotopic (exact) mass is 312 g/mol. The van der Waals surface area contributed by atoms with Gasteiger partial charge in [-0.15, -0.1) is 0 Å². The van der Waals surface area contributed by atoms with Crippen LogP contribution in [0.25, 0.3) is 0 Å². The van der Waals surface area contributed by atoms with E-state index in [2.05, 4.69) is 0 Å². The molecule has 16 heavy (non-hydrogen) atoms. The number of carboxylic acid groups (broad SMARTS) is 3. The molecular formula is C6H10FeKNaO7. The van der Waals surface area contributed by atoms with Gasteiger partial charge in [-0.1, -0.05) is 0 Å². The first-order valence-electron chi connectivity index (χ1n) is 3.17. The van der Waals surface area contributed by atoms with Crippen molar-refractivity contribution in [3.8, 4) is 0 Å². The number of hydrogen-bond acceptors (Lipinski definition) is 4. The van der Waals surface area contributed by atoms with Crippen molar-refractivity contribution in [2.45, 2.75) is 18.4 Å². The SMILES string of the molecule is O=C(O)CC(O)(CC(=O)O)C(=O)O.[Fe].[KH].[NaH]. The molecular weight excluding hydrogens is 302 g/mol. The third-order valence-corrected chi connectivity index (χ3v) is 1.29. The molecule has 0 fully saturated rings. The molecule has 0 aromatic carbocycles. The van der Waals surface area contributed by atoms with Crippen LogP contribution in [0.3, 0.4) is 0 Å². The van der Waals surface area contributed by atoms with Gasteiger partial charge in [0, 0.05) is 17.1 Å². The molecule has 0 saturated heterocycles. The van der Waals surface area contributed by atoms with Crippen molar-refractivity contribution in [1.82, 2.24) is 0 Å². The molecule has 0 atom stereocenters. The molecule has 0 heterocycles. The number of carbonyl (C=O) groups is 3. The van der Waals surface area contributed by atoms with E-state index >= 15 is 0 Å². The normalized spacial score (nSPS) is 8.81. The fourth-order valence-corrected chi connectivity index (χ4v) is 0.714. The molecule has 0 aliphatic heterocycles. The Kier molecular flexibility index (Phi) is 19.0. The Hall–Kier alpha value is 1.53. The summed E-state index contributed by atoms with van der Waals surface area (Å²) in [7, 11) is 0. The van der Waals surface area contributed by atoms with Crippen LogP contribution in [0.1, 0.15) is 12.8 Å². The summed E-state index contributed by atoms with van der Waals surface area (Å²) < 4.78 is 0. The van der Waals surface area contributed by atoms with E-state index in [4.69, 9.17) is 20.4 Å². The quantitative estimate of drug-likeness (QED) is 0.411. The molecule has 0 unspecified atom stereocenters. The van der Waals surface area contributed by atoms with E-state index in [1.54, 1.807) is 0 Å². The predicted octanol–water partition coefficient (Wildman–Crippen LogP) is -2.55. The number of hydrogen-bond donors (Lipinski definition) is 4. The zero-order valence-corrected chi connectivity index (χ0v) is 7.89. The Morgan fingerprint density at radius 3 is 1.31 bits per heavy atom. The van der Waals surface area contributed by atoms with Crippen molar-refractivity contribution in [3.05, 3.63) is 0 Å². The van der Waals surface area contributed by atoms with Gasteiger partial charge in [-0.05, 0) is 0 Å². The van der Waals surface area contributed by atoms with E-state index in [0.717, 1.165) is 0 Å². The van der Waals surface area contributed by atoms with E-state index in [1.807, 2.05) is 0 Å². The van der Waals surface area contributed by atoms with Crippen molar-refractivity contribution < 1.29 is 51.9 Å². The first-order valence-corrected chi connectivity index (χ1v) is 3.17. The fraction of sp³-hybridized carbons (Fsp3) is 0.500. The topological polar surface area (TPSA) is 132 Å². The summed E-state index contributed by atoms with van der Waals surface area (Å²) in [6, 6.07) is 0. The van der Waals surface area contributed by atoms with Gasteiger partial charge in [-0.2, -0.15) is 0 Å². The molecule has 4 N–H and O–H groups in total. The van der Waals surface area contributed by atoms with Gasteiger partial charge < -0.3 is 20.4 Å². The van der Waals surface area contributed by atoms with Crippen molar-refractivity contribution in [2.24, 2.45) is 0 Å². The second kappa shape index (κ2) is 11.6. The van der Waals surface area contributed by atoms with E-state index < -0.39 is 36.4 Å². The van der Waals surface area contributed by atoms with Crippen LogP contribution in [-0.4, -0.2) is 125 Å². The molecule has 0 bridgehead atoms. The van der Waals surface area contributed by atoms with E-state index in [-0.39, 0.29) is 98.0 Å². The van der Waals surface area contributed by atoms with Crippen LogP contribution in [0, 0.1) is 0 Å². The maximum absolute atomic E-state index is 10.3. The third-order valence-electron chi connectivity index (χ3n) is 1.29. The molecule has 0 aromatic heterocycles. The van der Waals surface area contributed by atoms with Gasteiger partial charge in [0.15, 0.2) is 5.60 Å². The van der Waals surface area contributed by atoms with Crippen molar-refractivity contribution in [2.75, 3.05) is 0 Å². The Morgan fingerprint density at radius 2 is 1.19 bits per heavy atom. The number of carboxylic acids is 3. The van der Waals surface area contributed by atoms with E-state index in [9.17, 15) is 14.4 Å². The molecule has 0 aromatic rings. The van der Waals surface area contributed by atoms with Crippen molar-refractivity contribution in [1.29, 1.82) is 0 Å². The number of rotatable bonds is 5. The molecule has 0 saturated carbocycles. The molecule has 0 aliphatic carbocycles. The molecule has 0 spiro atoms. The van der Waals surface area contributed by atoms with Crippen LogP contribution < -0.4 is 0 Å². The van der Waals surface area contributed by atoms with E-state index in [1.165, 1.54) is 0 Å². The second-order valence-corrected chi connectivity index (χ2v) is 2.48. The summed E-state index contributed by atoms with van der Waals surface area (Å²) in [6.45, 7) is 0. The number of aliphatic hydroxyl groups is 1. The summed E-state index contributed by atoms with van der Waals surface area (Å²) in [4.78, 5) is 30.5. The van der Waals surface area contributed by atoms with Gasteiger partial charge in [0.1, 0.15) is 0 Å². The average Bonchev–Trinajstić information content (AvgIpc) is 1.82. The summed E-state index contributed by atoms with van der Waals surface area (Å²) >= 11 is 0. The van der Waals surface area contributed by atoms with E-state index in [0.29, 0.717) is 0 Å². The average molecular weight is 312 g/mol. The van der Waals surface area contributed by atoms with Gasteiger partial charge in [0.05, 0.1) is 12.8 Å². The summed E-state index contributed by atoms with van der Waals surface area (Å²) in [5.74, 6) is -5.02. The summed E-state index contributed by atoms with van der Waals surface area (Å²) in [5, 5.41) is 33.8. The first kappa shape index (κ1) is 26.2. The van der Waals surface area contributed by atoms with Crippen molar-refractivity contribution >= 4 is 98.8 Å². The molecule has 7 nitrogen and oxygen atoms in total. The summed E-state index contributed by atoms with van der Waals surface area (Å²) in [6.07, 6.45) is -2.29. The molecule has 0 aliphatic rings. The molecule has 0 amide bonds. The predicted molar refractivity (Wildman–Crippen MR) is 51.4 cm³/mol. The Bertz CT molecular complexity index is 243.